The second-order valence-electron chi connectivity index (χ2n) is 13.4. The van der Waals surface area contributed by atoms with Gasteiger partial charge in [-0.25, -0.2) is 0 Å². The van der Waals surface area contributed by atoms with E-state index in [0.717, 1.165) is 57.4 Å². The maximum absolute atomic E-state index is 12.0. The number of rotatable bonds is 15. The van der Waals surface area contributed by atoms with E-state index in [9.17, 15) is 4.79 Å². The summed E-state index contributed by atoms with van der Waals surface area (Å²) in [6.45, 7) is 15.6. The van der Waals surface area contributed by atoms with Gasteiger partial charge in [0.1, 0.15) is 17.6 Å². The Bertz CT molecular complexity index is 886. The summed E-state index contributed by atoms with van der Waals surface area (Å²) in [5, 5.41) is 7.44. The summed E-state index contributed by atoms with van der Waals surface area (Å²) in [6.07, 6.45) is 10.0. The van der Waals surface area contributed by atoms with E-state index in [1.165, 1.54) is 18.4 Å². The first-order valence-electron chi connectivity index (χ1n) is 15.8. The number of hydrogen-bond donors (Lipinski definition) is 2. The Hall–Kier alpha value is -1.47. The van der Waals surface area contributed by atoms with Gasteiger partial charge in [0.25, 0.3) is 0 Å². The lowest BCUT2D eigenvalue weighted by atomic mass is 9.87. The van der Waals surface area contributed by atoms with Crippen LogP contribution in [0.3, 0.4) is 0 Å². The first-order chi connectivity index (χ1) is 18.6. The normalized spacial score (nSPS) is 27.7. The van der Waals surface area contributed by atoms with Crippen molar-refractivity contribution in [1.29, 1.82) is 0 Å². The SMILES string of the molecule is CC(C)NC1CC(Oc2cccc(C(C)CCC(C)NC3CC(OC4CCN(CC(=O)C(C)C)CC4)C3)c2)C1. The summed E-state index contributed by atoms with van der Waals surface area (Å²) in [5.74, 6) is 2.03. The molecule has 3 fully saturated rings. The van der Waals surface area contributed by atoms with Gasteiger partial charge < -0.3 is 20.1 Å². The third-order valence-corrected chi connectivity index (χ3v) is 8.98. The number of Topliss-reactive ketones (excluding diaryl/α,β-unsaturated/α-hetero) is 1. The van der Waals surface area contributed by atoms with Gasteiger partial charge in [0.15, 0.2) is 0 Å². The van der Waals surface area contributed by atoms with Gasteiger partial charge in [0.05, 0.1) is 18.8 Å². The van der Waals surface area contributed by atoms with E-state index in [0.29, 0.717) is 60.7 Å². The van der Waals surface area contributed by atoms with Gasteiger partial charge in [0.2, 0.25) is 0 Å². The molecule has 2 N–H and O–H groups in total. The molecule has 1 aromatic carbocycles. The summed E-state index contributed by atoms with van der Waals surface area (Å²) in [4.78, 5) is 14.3. The zero-order valence-corrected chi connectivity index (χ0v) is 25.5. The average Bonchev–Trinajstić information content (AvgIpc) is 2.85. The molecular formula is C33H55N3O3. The van der Waals surface area contributed by atoms with Gasteiger partial charge >= 0.3 is 0 Å². The van der Waals surface area contributed by atoms with Gasteiger partial charge in [-0.1, -0.05) is 46.8 Å². The molecule has 1 aromatic rings. The van der Waals surface area contributed by atoms with E-state index in [4.69, 9.17) is 9.47 Å². The zero-order chi connectivity index (χ0) is 27.9. The van der Waals surface area contributed by atoms with Crippen LogP contribution in [0.15, 0.2) is 24.3 Å². The number of nitrogens with zero attached hydrogens (tertiary/aromatic N) is 1. The molecule has 220 valence electrons. The third-order valence-electron chi connectivity index (χ3n) is 8.98. The highest BCUT2D eigenvalue weighted by molar-refractivity contribution is 5.82. The van der Waals surface area contributed by atoms with Gasteiger partial charge in [-0.2, -0.15) is 0 Å². The predicted molar refractivity (Wildman–Crippen MR) is 160 cm³/mol. The first kappa shape index (κ1) is 30.5. The second-order valence-corrected chi connectivity index (χ2v) is 13.4. The number of benzene rings is 1. The van der Waals surface area contributed by atoms with Crippen LogP contribution in [0.5, 0.6) is 5.75 Å². The highest BCUT2D eigenvalue weighted by atomic mass is 16.5. The molecule has 6 nitrogen and oxygen atoms in total. The molecule has 1 heterocycles. The molecule has 0 amide bonds. The fourth-order valence-electron chi connectivity index (χ4n) is 6.20. The van der Waals surface area contributed by atoms with Gasteiger partial charge in [-0.05, 0) is 81.9 Å². The van der Waals surface area contributed by atoms with Crippen LogP contribution < -0.4 is 15.4 Å². The van der Waals surface area contributed by atoms with Crippen molar-refractivity contribution < 1.29 is 14.3 Å². The summed E-state index contributed by atoms with van der Waals surface area (Å²) in [6, 6.07) is 11.0. The lowest BCUT2D eigenvalue weighted by molar-refractivity contribution is -0.124. The van der Waals surface area contributed by atoms with Crippen LogP contribution >= 0.6 is 0 Å². The first-order valence-corrected chi connectivity index (χ1v) is 15.8. The standard InChI is InChI=1S/C33H55N3O3/c1-22(2)33(37)21-36-14-12-29(13-15-36)38-31-19-28(20-31)35-25(6)11-10-24(5)26-8-7-9-30(16-26)39-32-17-27(18-32)34-23(3)4/h7-9,16,22-25,27-29,31-32,34-35H,10-15,17-21H2,1-6H3. The molecule has 6 heteroatoms. The lowest BCUT2D eigenvalue weighted by Gasteiger charge is -2.41. The lowest BCUT2D eigenvalue weighted by Crippen LogP contribution is -2.50. The third kappa shape index (κ3) is 9.55. The van der Waals surface area contributed by atoms with Crippen LogP contribution in [0.2, 0.25) is 0 Å². The molecule has 2 atom stereocenters. The van der Waals surface area contributed by atoms with E-state index < -0.39 is 0 Å². The highest BCUT2D eigenvalue weighted by Gasteiger charge is 2.34. The predicted octanol–water partition coefficient (Wildman–Crippen LogP) is 5.69. The molecule has 3 aliphatic rings. The van der Waals surface area contributed by atoms with Crippen molar-refractivity contribution in [3.05, 3.63) is 29.8 Å². The summed E-state index contributed by atoms with van der Waals surface area (Å²) in [5.41, 5.74) is 1.38. The van der Waals surface area contributed by atoms with Crippen molar-refractivity contribution in [3.8, 4) is 5.75 Å². The Balaban J connectivity index is 1.07. The Morgan fingerprint density at radius 1 is 0.897 bits per heavy atom. The molecule has 0 aromatic heterocycles. The van der Waals surface area contributed by atoms with Crippen LogP contribution in [0.1, 0.15) is 104 Å². The van der Waals surface area contributed by atoms with Gasteiger partial charge in [-0.15, -0.1) is 0 Å². The van der Waals surface area contributed by atoms with E-state index in [1.807, 2.05) is 13.8 Å². The molecule has 0 radical (unpaired) electrons. The maximum Gasteiger partial charge on any atom is 0.149 e. The van der Waals surface area contributed by atoms with Crippen LogP contribution in [0.4, 0.5) is 0 Å². The smallest absolute Gasteiger partial charge is 0.149 e. The number of ketones is 1. The Morgan fingerprint density at radius 2 is 1.56 bits per heavy atom. The maximum atomic E-state index is 12.0. The fourth-order valence-corrected chi connectivity index (χ4v) is 6.20. The number of carbonyl (C=O) groups is 1. The Kier molecular flexibility index (Phi) is 11.3. The zero-order valence-electron chi connectivity index (χ0n) is 25.5. The van der Waals surface area contributed by atoms with Crippen molar-refractivity contribution in [2.45, 2.75) is 141 Å². The molecule has 2 aliphatic carbocycles. The van der Waals surface area contributed by atoms with Crippen molar-refractivity contribution in [3.63, 3.8) is 0 Å². The van der Waals surface area contributed by atoms with E-state index in [1.54, 1.807) is 0 Å². The van der Waals surface area contributed by atoms with Crippen molar-refractivity contribution >= 4 is 5.78 Å². The molecule has 1 saturated heterocycles. The van der Waals surface area contributed by atoms with Crippen molar-refractivity contribution in [1.82, 2.24) is 15.5 Å². The monoisotopic (exact) mass is 541 g/mol. The van der Waals surface area contributed by atoms with E-state index in [-0.39, 0.29) is 5.92 Å². The molecule has 4 rings (SSSR count). The number of carbonyl (C=O) groups excluding carboxylic acids is 1. The number of likely N-dealkylation sites (tertiary alicyclic amines) is 1. The average molecular weight is 542 g/mol. The second kappa shape index (κ2) is 14.4. The van der Waals surface area contributed by atoms with Crippen molar-refractivity contribution in [2.75, 3.05) is 19.6 Å². The summed E-state index contributed by atoms with van der Waals surface area (Å²) < 4.78 is 12.7. The minimum absolute atomic E-state index is 0.132. The van der Waals surface area contributed by atoms with E-state index >= 15 is 0 Å². The molecule has 1 aliphatic heterocycles. The molecule has 0 spiro atoms. The van der Waals surface area contributed by atoms with Crippen LogP contribution in [-0.2, 0) is 9.53 Å². The van der Waals surface area contributed by atoms with Gasteiger partial charge in [0, 0.05) is 43.2 Å². The summed E-state index contributed by atoms with van der Waals surface area (Å²) >= 11 is 0. The van der Waals surface area contributed by atoms with E-state index in [2.05, 4.69) is 67.5 Å². The molecule has 2 unspecified atom stereocenters. The van der Waals surface area contributed by atoms with Crippen molar-refractivity contribution in [2.24, 2.45) is 5.92 Å². The minimum Gasteiger partial charge on any atom is -0.490 e. The topological polar surface area (TPSA) is 62.8 Å². The summed E-state index contributed by atoms with van der Waals surface area (Å²) in [7, 11) is 0. The van der Waals surface area contributed by atoms with Crippen LogP contribution in [0.25, 0.3) is 0 Å². The number of piperidine rings is 1. The minimum atomic E-state index is 0.132. The van der Waals surface area contributed by atoms with Gasteiger partial charge in [-0.3, -0.25) is 9.69 Å². The molecule has 0 bridgehead atoms. The Morgan fingerprint density at radius 3 is 2.23 bits per heavy atom. The largest absolute Gasteiger partial charge is 0.490 e. The number of hydrogen-bond acceptors (Lipinski definition) is 6. The quantitative estimate of drug-likeness (QED) is 0.297. The van der Waals surface area contributed by atoms with Crippen LogP contribution in [-0.4, -0.2) is 72.8 Å². The molecule has 39 heavy (non-hydrogen) atoms. The highest BCUT2D eigenvalue weighted by Crippen LogP contribution is 2.31. The molecular weight excluding hydrogens is 486 g/mol. The molecule has 2 saturated carbocycles. The number of nitrogens with one attached hydrogen (secondary N) is 2. The Labute approximate surface area is 238 Å². The van der Waals surface area contributed by atoms with Crippen LogP contribution in [0, 0.1) is 5.92 Å². The number of ether oxygens (including phenoxy) is 2. The fraction of sp³-hybridized carbons (Fsp3) is 0.788.